The summed E-state index contributed by atoms with van der Waals surface area (Å²) in [6, 6.07) is 10.3. The van der Waals surface area contributed by atoms with Crippen molar-refractivity contribution in [2.24, 2.45) is 0 Å². The Kier molecular flexibility index (Phi) is 6.03. The van der Waals surface area contributed by atoms with E-state index in [1.54, 1.807) is 0 Å². The van der Waals surface area contributed by atoms with Crippen molar-refractivity contribution in [3.63, 3.8) is 0 Å². The van der Waals surface area contributed by atoms with Gasteiger partial charge in [0.05, 0.1) is 10.7 Å². The molecule has 0 aliphatic rings. The number of benzene rings is 1. The van der Waals surface area contributed by atoms with Crippen LogP contribution in [0, 0.1) is 0 Å². The Hall–Kier alpha value is -1.58. The summed E-state index contributed by atoms with van der Waals surface area (Å²) in [7, 11) is 2.05. The molecule has 0 spiro atoms. The first-order valence-corrected chi connectivity index (χ1v) is 7.67. The van der Waals surface area contributed by atoms with E-state index in [0.717, 1.165) is 36.8 Å². The Labute approximate surface area is 132 Å². The van der Waals surface area contributed by atoms with Crippen molar-refractivity contribution < 1.29 is 0 Å². The summed E-state index contributed by atoms with van der Waals surface area (Å²) in [6.45, 7) is 4.87. The Balaban J connectivity index is 2.02. The van der Waals surface area contributed by atoms with Crippen LogP contribution in [0.4, 0.5) is 5.69 Å². The topological polar surface area (TPSA) is 28.2 Å². The number of hydrogen-bond donors (Lipinski definition) is 1. The zero-order valence-corrected chi connectivity index (χ0v) is 13.4. The normalized spacial score (nSPS) is 10.6. The summed E-state index contributed by atoms with van der Waals surface area (Å²) in [5, 5.41) is 4.18. The lowest BCUT2D eigenvalue weighted by molar-refractivity contribution is 0.675. The molecule has 21 heavy (non-hydrogen) atoms. The van der Waals surface area contributed by atoms with Gasteiger partial charge in [0.15, 0.2) is 0 Å². The van der Waals surface area contributed by atoms with Gasteiger partial charge in [-0.05, 0) is 48.4 Å². The van der Waals surface area contributed by atoms with Crippen molar-refractivity contribution in [2.75, 3.05) is 18.5 Å². The Morgan fingerprint density at radius 3 is 2.57 bits per heavy atom. The molecular weight excluding hydrogens is 282 g/mol. The van der Waals surface area contributed by atoms with Crippen LogP contribution in [0.3, 0.4) is 0 Å². The van der Waals surface area contributed by atoms with Gasteiger partial charge in [-0.25, -0.2) is 0 Å². The molecule has 1 N–H and O–H groups in total. The molecule has 1 aromatic carbocycles. The van der Waals surface area contributed by atoms with E-state index in [4.69, 9.17) is 11.6 Å². The van der Waals surface area contributed by atoms with E-state index in [9.17, 15) is 0 Å². The highest BCUT2D eigenvalue weighted by Gasteiger charge is 2.07. The zero-order chi connectivity index (χ0) is 15.1. The summed E-state index contributed by atoms with van der Waals surface area (Å²) < 4.78 is 0. The fourth-order valence-corrected chi connectivity index (χ4v) is 2.57. The molecule has 2 aromatic rings. The number of aromatic nitrogens is 1. The number of halogens is 1. The van der Waals surface area contributed by atoms with Gasteiger partial charge in [-0.3, -0.25) is 4.98 Å². The number of hydrogen-bond acceptors (Lipinski definition) is 3. The first kappa shape index (κ1) is 15.8. The average Bonchev–Trinajstić information content (AvgIpc) is 2.48. The maximum absolute atomic E-state index is 6.42. The Morgan fingerprint density at radius 1 is 1.14 bits per heavy atom. The molecule has 4 heteroatoms. The van der Waals surface area contributed by atoms with Crippen LogP contribution in [0.1, 0.15) is 24.5 Å². The lowest BCUT2D eigenvalue weighted by atomic mass is 10.1. The van der Waals surface area contributed by atoms with E-state index in [2.05, 4.69) is 41.3 Å². The van der Waals surface area contributed by atoms with Gasteiger partial charge in [-0.2, -0.15) is 0 Å². The summed E-state index contributed by atoms with van der Waals surface area (Å²) in [6.07, 6.45) is 4.76. The van der Waals surface area contributed by atoms with E-state index in [1.807, 2.05) is 30.6 Å². The summed E-state index contributed by atoms with van der Waals surface area (Å²) >= 11 is 6.42. The maximum atomic E-state index is 6.42. The van der Waals surface area contributed by atoms with Gasteiger partial charge < -0.3 is 10.2 Å². The van der Waals surface area contributed by atoms with Gasteiger partial charge in [0.2, 0.25) is 0 Å². The van der Waals surface area contributed by atoms with Crippen LogP contribution in [0.25, 0.3) is 0 Å². The molecule has 0 saturated heterocycles. The van der Waals surface area contributed by atoms with E-state index in [-0.39, 0.29) is 0 Å². The highest BCUT2D eigenvalue weighted by Crippen LogP contribution is 2.27. The molecule has 0 fully saturated rings. The van der Waals surface area contributed by atoms with Gasteiger partial charge in [-0.1, -0.05) is 24.6 Å². The lowest BCUT2D eigenvalue weighted by Crippen LogP contribution is -2.17. The van der Waals surface area contributed by atoms with Crippen molar-refractivity contribution in [3.8, 4) is 0 Å². The van der Waals surface area contributed by atoms with Crippen LogP contribution in [0.15, 0.2) is 42.7 Å². The van der Waals surface area contributed by atoms with E-state index in [0.29, 0.717) is 0 Å². The number of nitrogens with zero attached hydrogens (tertiary/aromatic N) is 2. The summed E-state index contributed by atoms with van der Waals surface area (Å²) in [4.78, 5) is 6.19. The number of rotatable bonds is 7. The molecule has 0 amide bonds. The predicted molar refractivity (Wildman–Crippen MR) is 89.8 cm³/mol. The van der Waals surface area contributed by atoms with Crippen LogP contribution >= 0.6 is 11.6 Å². The largest absolute Gasteiger partial charge is 0.369 e. The first-order valence-electron chi connectivity index (χ1n) is 7.30. The van der Waals surface area contributed by atoms with Gasteiger partial charge in [0, 0.05) is 32.5 Å². The van der Waals surface area contributed by atoms with E-state index < -0.39 is 0 Å². The predicted octanol–water partition coefficient (Wildman–Crippen LogP) is 3.87. The fraction of sp³-hybridized carbons (Fsp3) is 0.353. The smallest absolute Gasteiger partial charge is 0.0642 e. The third-order valence-electron chi connectivity index (χ3n) is 3.35. The van der Waals surface area contributed by atoms with Crippen LogP contribution in [0.2, 0.25) is 5.02 Å². The highest BCUT2D eigenvalue weighted by atomic mass is 35.5. The third kappa shape index (κ3) is 4.73. The van der Waals surface area contributed by atoms with E-state index >= 15 is 0 Å². The van der Waals surface area contributed by atoms with Crippen molar-refractivity contribution >= 4 is 17.3 Å². The number of nitrogens with one attached hydrogen (secondary N) is 1. The fourth-order valence-electron chi connectivity index (χ4n) is 2.23. The first-order chi connectivity index (χ1) is 10.2. The van der Waals surface area contributed by atoms with E-state index in [1.165, 1.54) is 11.1 Å². The van der Waals surface area contributed by atoms with Crippen LogP contribution < -0.4 is 10.2 Å². The molecule has 2 rings (SSSR count). The van der Waals surface area contributed by atoms with Crippen molar-refractivity contribution in [1.29, 1.82) is 0 Å². The maximum Gasteiger partial charge on any atom is 0.0642 e. The molecule has 0 aliphatic heterocycles. The zero-order valence-electron chi connectivity index (χ0n) is 12.6. The molecule has 1 heterocycles. The second kappa shape index (κ2) is 8.01. The third-order valence-corrected chi connectivity index (χ3v) is 3.65. The molecule has 0 bridgehead atoms. The minimum atomic E-state index is 0.794. The lowest BCUT2D eigenvalue weighted by Gasteiger charge is -2.21. The number of pyridine rings is 1. The van der Waals surface area contributed by atoms with Crippen LogP contribution in [0.5, 0.6) is 0 Å². The monoisotopic (exact) mass is 303 g/mol. The van der Waals surface area contributed by atoms with Crippen LogP contribution in [-0.4, -0.2) is 18.6 Å². The summed E-state index contributed by atoms with van der Waals surface area (Å²) in [5.41, 5.74) is 3.49. The molecule has 112 valence electrons. The Bertz CT molecular complexity index is 557. The molecule has 0 unspecified atom stereocenters. The molecule has 0 aliphatic carbocycles. The van der Waals surface area contributed by atoms with Gasteiger partial charge in [0.1, 0.15) is 0 Å². The standard InChI is InChI=1S/C17H22ClN3/c1-3-8-20-12-15-4-5-17(16(18)11-15)21(2)13-14-6-9-19-10-7-14/h4-7,9-11,20H,3,8,12-13H2,1-2H3. The molecular formula is C17H22ClN3. The molecule has 0 atom stereocenters. The highest BCUT2D eigenvalue weighted by molar-refractivity contribution is 6.33. The SMILES string of the molecule is CCCNCc1ccc(N(C)Cc2ccncc2)c(Cl)c1. The van der Waals surface area contributed by atoms with Crippen molar-refractivity contribution in [3.05, 3.63) is 58.9 Å². The molecule has 3 nitrogen and oxygen atoms in total. The van der Waals surface area contributed by atoms with Crippen molar-refractivity contribution in [2.45, 2.75) is 26.4 Å². The quantitative estimate of drug-likeness (QED) is 0.787. The second-order valence-corrected chi connectivity index (χ2v) is 5.58. The average molecular weight is 304 g/mol. The Morgan fingerprint density at radius 2 is 1.90 bits per heavy atom. The van der Waals surface area contributed by atoms with Crippen molar-refractivity contribution in [1.82, 2.24) is 10.3 Å². The second-order valence-electron chi connectivity index (χ2n) is 5.17. The van der Waals surface area contributed by atoms with Gasteiger partial charge >= 0.3 is 0 Å². The molecule has 0 saturated carbocycles. The summed E-state index contributed by atoms with van der Waals surface area (Å²) in [5.74, 6) is 0. The molecule has 0 radical (unpaired) electrons. The minimum absolute atomic E-state index is 0.794. The van der Waals surface area contributed by atoms with Crippen LogP contribution in [-0.2, 0) is 13.1 Å². The molecule has 1 aromatic heterocycles. The van der Waals surface area contributed by atoms with Gasteiger partial charge in [-0.15, -0.1) is 0 Å². The minimum Gasteiger partial charge on any atom is -0.369 e. The van der Waals surface area contributed by atoms with Gasteiger partial charge in [0.25, 0.3) is 0 Å². The number of anilines is 1.